The molecular weight excluding hydrogens is 358 g/mol. The third-order valence-electron chi connectivity index (χ3n) is 3.27. The van der Waals surface area contributed by atoms with Crippen LogP contribution >= 0.6 is 22.9 Å². The third-order valence-corrected chi connectivity index (χ3v) is 4.26. The molecule has 0 fully saturated rings. The summed E-state index contributed by atoms with van der Waals surface area (Å²) in [6.45, 7) is 2.51. The number of para-hydroxylation sites is 1. The van der Waals surface area contributed by atoms with E-state index in [0.717, 1.165) is 17.0 Å². The van der Waals surface area contributed by atoms with E-state index >= 15 is 0 Å². The highest BCUT2D eigenvalue weighted by atomic mass is 35.5. The summed E-state index contributed by atoms with van der Waals surface area (Å²) < 4.78 is 5.62. The molecule has 0 spiro atoms. The molecule has 0 aliphatic rings. The van der Waals surface area contributed by atoms with Gasteiger partial charge in [-0.05, 0) is 37.3 Å². The van der Waals surface area contributed by atoms with Gasteiger partial charge in [-0.3, -0.25) is 5.32 Å². The van der Waals surface area contributed by atoms with Crippen molar-refractivity contribution in [2.24, 2.45) is 0 Å². The summed E-state index contributed by atoms with van der Waals surface area (Å²) in [5.74, 6) is 0.769. The van der Waals surface area contributed by atoms with Crippen LogP contribution in [0.15, 0.2) is 53.9 Å². The van der Waals surface area contributed by atoms with Gasteiger partial charge in [-0.25, -0.2) is 9.78 Å². The molecule has 3 rings (SSSR count). The van der Waals surface area contributed by atoms with E-state index in [0.29, 0.717) is 22.4 Å². The molecule has 2 aromatic carbocycles. The van der Waals surface area contributed by atoms with Gasteiger partial charge in [0.05, 0.1) is 12.3 Å². The number of halogens is 1. The summed E-state index contributed by atoms with van der Waals surface area (Å²) in [6, 6.07) is 14.3. The molecule has 3 aromatic rings. The maximum Gasteiger partial charge on any atom is 0.325 e. The fourth-order valence-corrected chi connectivity index (χ4v) is 3.14. The molecule has 0 aliphatic heterocycles. The number of hydrogen-bond acceptors (Lipinski definition) is 4. The lowest BCUT2D eigenvalue weighted by Crippen LogP contribution is -2.19. The lowest BCUT2D eigenvalue weighted by Gasteiger charge is -2.07. The zero-order valence-corrected chi connectivity index (χ0v) is 15.0. The molecule has 0 aliphatic carbocycles. The topological polar surface area (TPSA) is 63.2 Å². The van der Waals surface area contributed by atoms with Gasteiger partial charge in [-0.2, -0.15) is 0 Å². The Bertz CT molecular complexity index is 882. The molecule has 0 bridgehead atoms. The van der Waals surface area contributed by atoms with Crippen LogP contribution in [0.4, 0.5) is 15.6 Å². The van der Waals surface area contributed by atoms with Crippen LogP contribution in [0.5, 0.6) is 5.75 Å². The van der Waals surface area contributed by atoms with E-state index in [-0.39, 0.29) is 6.03 Å². The first-order valence-electron chi connectivity index (χ1n) is 7.67. The van der Waals surface area contributed by atoms with E-state index in [9.17, 15) is 4.79 Å². The van der Waals surface area contributed by atoms with Gasteiger partial charge in [-0.15, -0.1) is 11.3 Å². The minimum absolute atomic E-state index is 0.374. The molecule has 0 atom stereocenters. The van der Waals surface area contributed by atoms with Crippen LogP contribution in [0.1, 0.15) is 6.92 Å². The smallest absolute Gasteiger partial charge is 0.325 e. The minimum Gasteiger partial charge on any atom is -0.493 e. The number of benzene rings is 2. The summed E-state index contributed by atoms with van der Waals surface area (Å²) in [5.41, 5.74) is 2.26. The van der Waals surface area contributed by atoms with E-state index in [4.69, 9.17) is 16.3 Å². The molecule has 0 saturated heterocycles. The number of ether oxygens (including phenoxy) is 1. The first-order chi connectivity index (χ1) is 12.2. The van der Waals surface area contributed by atoms with Gasteiger partial charge in [0.15, 0.2) is 5.13 Å². The first-order valence-corrected chi connectivity index (χ1v) is 8.93. The maximum atomic E-state index is 12.1. The van der Waals surface area contributed by atoms with Crippen LogP contribution in [-0.2, 0) is 0 Å². The highest BCUT2D eigenvalue weighted by Crippen LogP contribution is 2.32. The molecule has 1 aromatic heterocycles. The number of hydrogen-bond donors (Lipinski definition) is 2. The number of aromatic nitrogens is 1. The Morgan fingerprint density at radius 1 is 1.20 bits per heavy atom. The second-order valence-electron chi connectivity index (χ2n) is 5.06. The van der Waals surface area contributed by atoms with E-state index in [1.54, 1.807) is 24.3 Å². The van der Waals surface area contributed by atoms with E-state index < -0.39 is 0 Å². The Kier molecular flexibility index (Phi) is 5.53. The number of urea groups is 1. The van der Waals surface area contributed by atoms with Crippen molar-refractivity contribution >= 4 is 39.8 Å². The molecule has 0 radical (unpaired) electrons. The number of nitrogens with zero attached hydrogens (tertiary/aromatic N) is 1. The largest absolute Gasteiger partial charge is 0.493 e. The molecule has 0 unspecified atom stereocenters. The van der Waals surface area contributed by atoms with Gasteiger partial charge < -0.3 is 10.1 Å². The monoisotopic (exact) mass is 373 g/mol. The van der Waals surface area contributed by atoms with Crippen molar-refractivity contribution in [2.45, 2.75) is 6.92 Å². The summed E-state index contributed by atoms with van der Waals surface area (Å²) >= 11 is 7.25. The lowest BCUT2D eigenvalue weighted by atomic mass is 10.1. The van der Waals surface area contributed by atoms with Crippen LogP contribution in [0, 0.1) is 0 Å². The van der Waals surface area contributed by atoms with Crippen molar-refractivity contribution in [2.75, 3.05) is 17.2 Å². The molecule has 25 heavy (non-hydrogen) atoms. The molecule has 2 N–H and O–H groups in total. The van der Waals surface area contributed by atoms with Crippen molar-refractivity contribution in [1.29, 1.82) is 0 Å². The minimum atomic E-state index is -0.374. The second-order valence-corrected chi connectivity index (χ2v) is 6.35. The second kappa shape index (κ2) is 8.00. The average Bonchev–Trinajstić information content (AvgIpc) is 3.04. The standard InChI is InChI=1S/C18H16ClN3O2S/c1-2-24-16-9-4-3-8-14(16)15-11-25-18(21-15)22-17(23)20-13-7-5-6-12(19)10-13/h3-11H,2H2,1H3,(H2,20,21,22,23). The van der Waals surface area contributed by atoms with Crippen LogP contribution in [-0.4, -0.2) is 17.6 Å². The molecule has 128 valence electrons. The summed E-state index contributed by atoms with van der Waals surface area (Å²) in [4.78, 5) is 16.5. The summed E-state index contributed by atoms with van der Waals surface area (Å²) in [5, 5.41) is 8.38. The van der Waals surface area contributed by atoms with Crippen molar-refractivity contribution < 1.29 is 9.53 Å². The van der Waals surface area contributed by atoms with Gasteiger partial charge in [0.1, 0.15) is 5.75 Å². The van der Waals surface area contributed by atoms with Crippen LogP contribution < -0.4 is 15.4 Å². The van der Waals surface area contributed by atoms with Crippen molar-refractivity contribution in [1.82, 2.24) is 4.98 Å². The van der Waals surface area contributed by atoms with Crippen molar-refractivity contribution in [3.63, 3.8) is 0 Å². The Morgan fingerprint density at radius 3 is 2.84 bits per heavy atom. The maximum absolute atomic E-state index is 12.1. The Labute approximate surface area is 154 Å². The van der Waals surface area contributed by atoms with Crippen LogP contribution in [0.25, 0.3) is 11.3 Å². The molecule has 0 saturated carbocycles. The van der Waals surface area contributed by atoms with Crippen LogP contribution in [0.2, 0.25) is 5.02 Å². The zero-order valence-electron chi connectivity index (χ0n) is 13.5. The number of nitrogens with one attached hydrogen (secondary N) is 2. The molecule has 7 heteroatoms. The first kappa shape index (κ1) is 17.3. The predicted molar refractivity (Wildman–Crippen MR) is 103 cm³/mol. The number of rotatable bonds is 5. The molecule has 1 heterocycles. The molecule has 2 amide bonds. The highest BCUT2D eigenvalue weighted by molar-refractivity contribution is 7.14. The van der Waals surface area contributed by atoms with E-state index in [2.05, 4.69) is 15.6 Å². The summed E-state index contributed by atoms with van der Waals surface area (Å²) in [7, 11) is 0. The Hall–Kier alpha value is -2.57. The molecule has 5 nitrogen and oxygen atoms in total. The number of thiazole rings is 1. The number of carbonyl (C=O) groups excluding carboxylic acids is 1. The number of carbonyl (C=O) groups is 1. The normalized spacial score (nSPS) is 10.3. The predicted octanol–water partition coefficient (Wildman–Crippen LogP) is 5.51. The molecular formula is C18H16ClN3O2S. The van der Waals surface area contributed by atoms with Gasteiger partial charge in [0.25, 0.3) is 0 Å². The number of amides is 2. The van der Waals surface area contributed by atoms with Crippen molar-refractivity contribution in [3.05, 3.63) is 58.9 Å². The van der Waals surface area contributed by atoms with E-state index in [1.165, 1.54) is 11.3 Å². The highest BCUT2D eigenvalue weighted by Gasteiger charge is 2.11. The van der Waals surface area contributed by atoms with Gasteiger partial charge in [0, 0.05) is 21.7 Å². The van der Waals surface area contributed by atoms with Crippen molar-refractivity contribution in [3.8, 4) is 17.0 Å². The SMILES string of the molecule is CCOc1ccccc1-c1csc(NC(=O)Nc2cccc(Cl)c2)n1. The average molecular weight is 374 g/mol. The van der Waals surface area contributed by atoms with Crippen LogP contribution in [0.3, 0.4) is 0 Å². The Morgan fingerprint density at radius 2 is 2.04 bits per heavy atom. The fourth-order valence-electron chi connectivity index (χ4n) is 2.24. The lowest BCUT2D eigenvalue weighted by molar-refractivity contribution is 0.262. The van der Waals surface area contributed by atoms with Gasteiger partial charge in [-0.1, -0.05) is 29.8 Å². The van der Waals surface area contributed by atoms with Gasteiger partial charge in [0.2, 0.25) is 0 Å². The quantitative estimate of drug-likeness (QED) is 0.620. The Balaban J connectivity index is 1.70. The third kappa shape index (κ3) is 4.49. The summed E-state index contributed by atoms with van der Waals surface area (Å²) in [6.07, 6.45) is 0. The fraction of sp³-hybridized carbons (Fsp3) is 0.111. The number of anilines is 2. The van der Waals surface area contributed by atoms with Gasteiger partial charge >= 0.3 is 6.03 Å². The van der Waals surface area contributed by atoms with E-state index in [1.807, 2.05) is 36.6 Å². The zero-order chi connectivity index (χ0) is 17.6.